The minimum Gasteiger partial charge on any atom is -0.461 e. The third-order valence-corrected chi connectivity index (χ3v) is 3.58. The first-order valence-corrected chi connectivity index (χ1v) is 7.15. The summed E-state index contributed by atoms with van der Waals surface area (Å²) >= 11 is 0. The van der Waals surface area contributed by atoms with Gasteiger partial charge in [-0.3, -0.25) is 4.68 Å². The van der Waals surface area contributed by atoms with Crippen LogP contribution in [0, 0.1) is 0 Å². The highest BCUT2D eigenvalue weighted by Crippen LogP contribution is 2.34. The van der Waals surface area contributed by atoms with E-state index in [9.17, 15) is 9.90 Å². The predicted octanol–water partition coefficient (Wildman–Crippen LogP) is 0.190. The van der Waals surface area contributed by atoms with Crippen LogP contribution in [0.5, 0.6) is 0 Å². The molecule has 8 nitrogen and oxygen atoms in total. The van der Waals surface area contributed by atoms with Crippen molar-refractivity contribution in [2.75, 3.05) is 18.9 Å². The van der Waals surface area contributed by atoms with E-state index >= 15 is 0 Å². The number of anilines is 1. The largest absolute Gasteiger partial charge is 0.461 e. The molecule has 2 aromatic rings. The van der Waals surface area contributed by atoms with Crippen molar-refractivity contribution in [1.82, 2.24) is 19.7 Å². The summed E-state index contributed by atoms with van der Waals surface area (Å²) in [6, 6.07) is 0. The molecular weight excluding hydrogens is 286 g/mol. The number of rotatable bonds is 4. The van der Waals surface area contributed by atoms with Gasteiger partial charge in [-0.2, -0.15) is 5.10 Å². The number of nitrogens with two attached hydrogens (primary N) is 1. The highest BCUT2D eigenvalue weighted by molar-refractivity contribution is 5.91. The van der Waals surface area contributed by atoms with Gasteiger partial charge < -0.3 is 15.6 Å². The number of aliphatic hydroxyl groups excluding tert-OH is 1. The van der Waals surface area contributed by atoms with Crippen LogP contribution in [0.4, 0.5) is 5.95 Å². The minimum atomic E-state index is -0.457. The number of fused-ring (bicyclic) bond motifs is 3. The van der Waals surface area contributed by atoms with E-state index in [2.05, 4.69) is 15.1 Å². The van der Waals surface area contributed by atoms with Crippen molar-refractivity contribution in [3.63, 3.8) is 0 Å². The summed E-state index contributed by atoms with van der Waals surface area (Å²) < 4.78 is 6.65. The second-order valence-electron chi connectivity index (χ2n) is 4.95. The van der Waals surface area contributed by atoms with Gasteiger partial charge in [0.15, 0.2) is 5.69 Å². The molecule has 0 fully saturated rings. The Morgan fingerprint density at radius 1 is 1.50 bits per heavy atom. The minimum absolute atomic E-state index is 0.0910. The summed E-state index contributed by atoms with van der Waals surface area (Å²) in [4.78, 5) is 20.4. The van der Waals surface area contributed by atoms with Crippen molar-refractivity contribution in [3.05, 3.63) is 23.0 Å². The summed E-state index contributed by atoms with van der Waals surface area (Å²) in [7, 11) is 0. The number of aromatic nitrogens is 4. The molecule has 0 spiro atoms. The van der Waals surface area contributed by atoms with Gasteiger partial charge in [0.25, 0.3) is 0 Å². The molecule has 0 unspecified atom stereocenters. The molecule has 1 aliphatic rings. The van der Waals surface area contributed by atoms with Crippen molar-refractivity contribution in [1.29, 1.82) is 0 Å². The second-order valence-corrected chi connectivity index (χ2v) is 4.95. The predicted molar refractivity (Wildman–Crippen MR) is 78.1 cm³/mol. The zero-order chi connectivity index (χ0) is 15.7. The Morgan fingerprint density at radius 2 is 2.32 bits per heavy atom. The number of esters is 1. The molecule has 0 aliphatic heterocycles. The monoisotopic (exact) mass is 303 g/mol. The summed E-state index contributed by atoms with van der Waals surface area (Å²) in [5, 5.41) is 13.6. The molecule has 2 heterocycles. The van der Waals surface area contributed by atoms with Gasteiger partial charge in [0, 0.05) is 11.8 Å². The van der Waals surface area contributed by atoms with Crippen molar-refractivity contribution >= 4 is 11.9 Å². The molecule has 22 heavy (non-hydrogen) atoms. The Balaban J connectivity index is 2.18. The average Bonchev–Trinajstić information content (AvgIpc) is 2.87. The maximum absolute atomic E-state index is 12.1. The standard InChI is InChI=1S/C14H17N5O3/c1-2-22-13(21)11-9-4-3-8-7-16-14(15)17-10(8)12(9)19(18-11)5-6-20/h7,20H,2-6H2,1H3,(H2,15,16,17). The molecule has 0 aromatic carbocycles. The molecule has 8 heteroatoms. The van der Waals surface area contributed by atoms with Crippen LogP contribution in [0.3, 0.4) is 0 Å². The fourth-order valence-corrected chi connectivity index (χ4v) is 2.69. The first kappa shape index (κ1) is 14.5. The SMILES string of the molecule is CCOC(=O)c1nn(CCO)c2c1CCc1cnc(N)nc1-2. The lowest BCUT2D eigenvalue weighted by atomic mass is 9.93. The first-order chi connectivity index (χ1) is 10.7. The maximum Gasteiger partial charge on any atom is 0.359 e. The lowest BCUT2D eigenvalue weighted by molar-refractivity contribution is 0.0517. The zero-order valence-corrected chi connectivity index (χ0v) is 12.2. The van der Waals surface area contributed by atoms with Crippen LogP contribution in [-0.4, -0.2) is 44.0 Å². The number of hydrogen-bond donors (Lipinski definition) is 2. The van der Waals surface area contributed by atoms with E-state index in [1.54, 1.807) is 17.8 Å². The summed E-state index contributed by atoms with van der Waals surface area (Å²) in [6.45, 7) is 2.21. The molecule has 0 atom stereocenters. The van der Waals surface area contributed by atoms with Gasteiger partial charge in [0.05, 0.1) is 31.1 Å². The number of aliphatic hydroxyl groups is 1. The normalized spacial score (nSPS) is 12.6. The van der Waals surface area contributed by atoms with Crippen LogP contribution >= 0.6 is 0 Å². The van der Waals surface area contributed by atoms with Crippen molar-refractivity contribution in [2.24, 2.45) is 0 Å². The summed E-state index contributed by atoms with van der Waals surface area (Å²) in [6.07, 6.45) is 3.05. The molecule has 2 aromatic heterocycles. The number of nitrogens with zero attached hydrogens (tertiary/aromatic N) is 4. The van der Waals surface area contributed by atoms with E-state index in [-0.39, 0.29) is 31.4 Å². The number of hydrogen-bond acceptors (Lipinski definition) is 7. The van der Waals surface area contributed by atoms with Gasteiger partial charge >= 0.3 is 5.97 Å². The lowest BCUT2D eigenvalue weighted by Crippen LogP contribution is -2.13. The third kappa shape index (κ3) is 2.31. The summed E-state index contributed by atoms with van der Waals surface area (Å²) in [5.41, 5.74) is 9.10. The van der Waals surface area contributed by atoms with Gasteiger partial charge in [-0.25, -0.2) is 14.8 Å². The highest BCUT2D eigenvalue weighted by atomic mass is 16.5. The van der Waals surface area contributed by atoms with E-state index in [1.807, 2.05) is 0 Å². The maximum atomic E-state index is 12.1. The smallest absolute Gasteiger partial charge is 0.359 e. The van der Waals surface area contributed by atoms with Crippen molar-refractivity contribution in [3.8, 4) is 11.4 Å². The van der Waals surface area contributed by atoms with E-state index in [4.69, 9.17) is 10.5 Å². The Bertz CT molecular complexity index is 726. The second kappa shape index (κ2) is 5.72. The number of aryl methyl sites for hydroxylation is 1. The lowest BCUT2D eigenvalue weighted by Gasteiger charge is -2.17. The number of carbonyl (C=O) groups excluding carboxylic acids is 1. The molecule has 3 N–H and O–H groups in total. The van der Waals surface area contributed by atoms with Gasteiger partial charge in [0.2, 0.25) is 5.95 Å². The topological polar surface area (TPSA) is 116 Å². The molecule has 0 radical (unpaired) electrons. The van der Waals surface area contributed by atoms with Crippen LogP contribution in [0.25, 0.3) is 11.4 Å². The molecule has 1 aliphatic carbocycles. The Hall–Kier alpha value is -2.48. The fraction of sp³-hybridized carbons (Fsp3) is 0.429. The molecule has 0 amide bonds. The van der Waals surface area contributed by atoms with Gasteiger partial charge in [0.1, 0.15) is 0 Å². The Morgan fingerprint density at radius 3 is 3.05 bits per heavy atom. The molecule has 0 saturated carbocycles. The molecule has 0 saturated heterocycles. The van der Waals surface area contributed by atoms with Crippen LogP contribution < -0.4 is 5.73 Å². The van der Waals surface area contributed by atoms with Crippen molar-refractivity contribution < 1.29 is 14.6 Å². The summed E-state index contributed by atoms with van der Waals surface area (Å²) in [5.74, 6) is -0.290. The van der Waals surface area contributed by atoms with Gasteiger partial charge in [-0.1, -0.05) is 0 Å². The van der Waals surface area contributed by atoms with E-state index in [0.29, 0.717) is 24.2 Å². The number of nitrogen functional groups attached to an aromatic ring is 1. The van der Waals surface area contributed by atoms with Crippen LogP contribution in [0.2, 0.25) is 0 Å². The number of ether oxygens (including phenoxy) is 1. The first-order valence-electron chi connectivity index (χ1n) is 7.15. The van der Waals surface area contributed by atoms with Crippen LogP contribution in [-0.2, 0) is 24.1 Å². The van der Waals surface area contributed by atoms with Gasteiger partial charge in [-0.05, 0) is 25.3 Å². The fourth-order valence-electron chi connectivity index (χ4n) is 2.69. The van der Waals surface area contributed by atoms with Crippen molar-refractivity contribution in [2.45, 2.75) is 26.3 Å². The average molecular weight is 303 g/mol. The zero-order valence-electron chi connectivity index (χ0n) is 12.2. The van der Waals surface area contributed by atoms with E-state index in [1.165, 1.54) is 0 Å². The molecule has 116 valence electrons. The van der Waals surface area contributed by atoms with Crippen LogP contribution in [0.15, 0.2) is 6.20 Å². The molecule has 3 rings (SSSR count). The highest BCUT2D eigenvalue weighted by Gasteiger charge is 2.30. The molecule has 0 bridgehead atoms. The van der Waals surface area contributed by atoms with E-state index < -0.39 is 5.97 Å². The Labute approximate surface area is 126 Å². The van der Waals surface area contributed by atoms with Crippen LogP contribution in [0.1, 0.15) is 28.5 Å². The van der Waals surface area contributed by atoms with E-state index in [0.717, 1.165) is 11.1 Å². The third-order valence-electron chi connectivity index (χ3n) is 3.58. The Kier molecular flexibility index (Phi) is 3.76. The molecular formula is C14H17N5O3. The van der Waals surface area contributed by atoms with Gasteiger partial charge in [-0.15, -0.1) is 0 Å². The quantitative estimate of drug-likeness (QED) is 0.774. The number of carbonyl (C=O) groups is 1.